The zero-order valence-corrected chi connectivity index (χ0v) is 12.4. The molecule has 0 amide bonds. The van der Waals surface area contributed by atoms with Crippen LogP contribution in [0.2, 0.25) is 0 Å². The number of hydrogen-bond donors (Lipinski definition) is 1. The molecular formula is C13H28N2S. The highest BCUT2D eigenvalue weighted by Crippen LogP contribution is 2.19. The molecule has 0 aromatic rings. The van der Waals surface area contributed by atoms with Gasteiger partial charge < -0.3 is 10.6 Å². The molecule has 0 saturated heterocycles. The van der Waals surface area contributed by atoms with Crippen LogP contribution in [0.1, 0.15) is 47.5 Å². The first-order valence-corrected chi connectivity index (χ1v) is 6.62. The Hall–Kier alpha value is -0.150. The lowest BCUT2D eigenvalue weighted by Gasteiger charge is -2.28. The summed E-state index contributed by atoms with van der Waals surface area (Å²) in [5, 5.41) is 0. The van der Waals surface area contributed by atoms with Crippen LogP contribution in [0.5, 0.6) is 0 Å². The van der Waals surface area contributed by atoms with E-state index in [1.54, 1.807) is 0 Å². The van der Waals surface area contributed by atoms with Crippen molar-refractivity contribution in [1.82, 2.24) is 4.90 Å². The summed E-state index contributed by atoms with van der Waals surface area (Å²) < 4.78 is 0. The second-order valence-corrected chi connectivity index (χ2v) is 6.75. The van der Waals surface area contributed by atoms with E-state index in [1.165, 1.54) is 6.42 Å². The number of nitrogens with zero attached hydrogens (tertiary/aromatic N) is 1. The second kappa shape index (κ2) is 7.23. The predicted molar refractivity (Wildman–Crippen MR) is 76.8 cm³/mol. The van der Waals surface area contributed by atoms with Crippen LogP contribution in [0.25, 0.3) is 0 Å². The summed E-state index contributed by atoms with van der Waals surface area (Å²) in [4.78, 5) is 3.11. The first kappa shape index (κ1) is 15.9. The van der Waals surface area contributed by atoms with Crippen LogP contribution in [0.3, 0.4) is 0 Å². The van der Waals surface area contributed by atoms with Gasteiger partial charge >= 0.3 is 0 Å². The van der Waals surface area contributed by atoms with E-state index in [2.05, 4.69) is 39.5 Å². The molecule has 2 N–H and O–H groups in total. The van der Waals surface area contributed by atoms with Crippen LogP contribution in [0.15, 0.2) is 0 Å². The Kier molecular flexibility index (Phi) is 7.16. The Morgan fingerprint density at radius 3 is 2.19 bits per heavy atom. The highest BCUT2D eigenvalue weighted by Gasteiger charge is 2.14. The van der Waals surface area contributed by atoms with Crippen LogP contribution in [0.4, 0.5) is 0 Å². The van der Waals surface area contributed by atoms with E-state index in [-0.39, 0.29) is 0 Å². The normalized spacial score (nSPS) is 12.4. The quantitative estimate of drug-likeness (QED) is 0.698. The molecular weight excluding hydrogens is 216 g/mol. The summed E-state index contributed by atoms with van der Waals surface area (Å²) in [5.41, 5.74) is 5.96. The molecule has 16 heavy (non-hydrogen) atoms. The van der Waals surface area contributed by atoms with Gasteiger partial charge in [0.05, 0.1) is 4.99 Å². The number of nitrogens with two attached hydrogens (primary N) is 1. The van der Waals surface area contributed by atoms with E-state index < -0.39 is 0 Å². The largest absolute Gasteiger partial charge is 0.393 e. The van der Waals surface area contributed by atoms with Crippen LogP contribution < -0.4 is 5.73 Å². The van der Waals surface area contributed by atoms with Gasteiger partial charge in [0.1, 0.15) is 0 Å². The second-order valence-electron chi connectivity index (χ2n) is 6.22. The Morgan fingerprint density at radius 2 is 1.81 bits per heavy atom. The average Bonchev–Trinajstić information content (AvgIpc) is 2.07. The molecule has 0 bridgehead atoms. The van der Waals surface area contributed by atoms with Crippen LogP contribution in [0, 0.1) is 11.3 Å². The van der Waals surface area contributed by atoms with E-state index in [4.69, 9.17) is 18.0 Å². The molecule has 0 saturated carbocycles. The van der Waals surface area contributed by atoms with Crippen molar-refractivity contribution in [3.05, 3.63) is 0 Å². The fraction of sp³-hybridized carbons (Fsp3) is 0.923. The molecule has 0 fully saturated rings. The maximum absolute atomic E-state index is 5.56. The lowest BCUT2D eigenvalue weighted by Crippen LogP contribution is -2.33. The molecule has 3 heteroatoms. The first-order chi connectivity index (χ1) is 7.20. The number of hydrogen-bond acceptors (Lipinski definition) is 2. The van der Waals surface area contributed by atoms with E-state index in [0.29, 0.717) is 16.3 Å². The van der Waals surface area contributed by atoms with Crippen LogP contribution in [-0.2, 0) is 0 Å². The van der Waals surface area contributed by atoms with Crippen molar-refractivity contribution in [2.75, 3.05) is 19.6 Å². The molecule has 0 aliphatic heterocycles. The van der Waals surface area contributed by atoms with Crippen molar-refractivity contribution in [2.45, 2.75) is 47.5 Å². The van der Waals surface area contributed by atoms with Gasteiger partial charge in [-0.2, -0.15) is 0 Å². The van der Waals surface area contributed by atoms with Crippen molar-refractivity contribution >= 4 is 17.2 Å². The van der Waals surface area contributed by atoms with Crippen LogP contribution >= 0.6 is 12.2 Å². The molecule has 0 heterocycles. The third-order valence-electron chi connectivity index (χ3n) is 2.48. The molecule has 0 aliphatic rings. The topological polar surface area (TPSA) is 29.3 Å². The molecule has 96 valence electrons. The van der Waals surface area contributed by atoms with E-state index in [1.807, 2.05) is 0 Å². The Bertz CT molecular complexity index is 206. The molecule has 0 rings (SSSR count). The minimum absolute atomic E-state index is 0.401. The third kappa shape index (κ3) is 10.4. The number of thiocarbonyl (C=S) groups is 1. The summed E-state index contributed by atoms with van der Waals surface area (Å²) in [5.74, 6) is 0.700. The third-order valence-corrected chi connectivity index (χ3v) is 2.68. The maximum atomic E-state index is 5.56. The lowest BCUT2D eigenvalue weighted by molar-refractivity contribution is 0.212. The molecule has 2 nitrogen and oxygen atoms in total. The summed E-state index contributed by atoms with van der Waals surface area (Å²) in [6.07, 6.45) is 2.06. The Morgan fingerprint density at radius 1 is 1.25 bits per heavy atom. The summed E-state index contributed by atoms with van der Waals surface area (Å²) >= 11 is 4.94. The van der Waals surface area contributed by atoms with Gasteiger partial charge in [-0.3, -0.25) is 0 Å². The van der Waals surface area contributed by atoms with E-state index >= 15 is 0 Å². The molecule has 0 radical (unpaired) electrons. The van der Waals surface area contributed by atoms with Gasteiger partial charge in [-0.05, 0) is 24.3 Å². The fourth-order valence-electron chi connectivity index (χ4n) is 1.57. The predicted octanol–water partition coefficient (Wildman–Crippen LogP) is 3.06. The maximum Gasteiger partial charge on any atom is 0.0740 e. The van der Waals surface area contributed by atoms with Gasteiger partial charge in [0.2, 0.25) is 0 Å². The molecule has 0 aromatic heterocycles. The molecule has 0 spiro atoms. The van der Waals surface area contributed by atoms with Crippen LogP contribution in [-0.4, -0.2) is 29.5 Å². The highest BCUT2D eigenvalue weighted by atomic mass is 32.1. The Labute approximate surface area is 107 Å². The highest BCUT2D eigenvalue weighted by molar-refractivity contribution is 7.80. The van der Waals surface area contributed by atoms with E-state index in [0.717, 1.165) is 26.1 Å². The van der Waals surface area contributed by atoms with Gasteiger partial charge in [-0.1, -0.05) is 46.8 Å². The average molecular weight is 244 g/mol. The molecule has 0 aromatic carbocycles. The summed E-state index contributed by atoms with van der Waals surface area (Å²) in [7, 11) is 0. The minimum atomic E-state index is 0.401. The van der Waals surface area contributed by atoms with Gasteiger partial charge in [0, 0.05) is 19.5 Å². The summed E-state index contributed by atoms with van der Waals surface area (Å²) in [6, 6.07) is 0. The number of rotatable bonds is 7. The fourth-order valence-corrected chi connectivity index (χ4v) is 1.66. The van der Waals surface area contributed by atoms with Crippen molar-refractivity contribution in [2.24, 2.45) is 17.1 Å². The van der Waals surface area contributed by atoms with Crippen molar-refractivity contribution in [1.29, 1.82) is 0 Å². The monoisotopic (exact) mass is 244 g/mol. The first-order valence-electron chi connectivity index (χ1n) is 6.21. The minimum Gasteiger partial charge on any atom is -0.393 e. The standard InChI is InChI=1S/C13H28N2S/c1-11(2)10-15(8-6-12(14)16)9-7-13(3,4)5/h11H,6-10H2,1-5H3,(H2,14,16). The van der Waals surface area contributed by atoms with Gasteiger partial charge in [0.25, 0.3) is 0 Å². The zero-order chi connectivity index (χ0) is 12.8. The molecule has 0 atom stereocenters. The molecule has 0 aliphatic carbocycles. The van der Waals surface area contributed by atoms with Gasteiger partial charge in [-0.25, -0.2) is 0 Å². The van der Waals surface area contributed by atoms with Crippen molar-refractivity contribution < 1.29 is 0 Å². The van der Waals surface area contributed by atoms with Gasteiger partial charge in [0.15, 0.2) is 0 Å². The SMILES string of the molecule is CC(C)CN(CCC(N)=S)CCC(C)(C)C. The zero-order valence-electron chi connectivity index (χ0n) is 11.5. The van der Waals surface area contributed by atoms with Crippen molar-refractivity contribution in [3.8, 4) is 0 Å². The van der Waals surface area contributed by atoms with Crippen molar-refractivity contribution in [3.63, 3.8) is 0 Å². The van der Waals surface area contributed by atoms with E-state index in [9.17, 15) is 0 Å². The molecule has 0 unspecified atom stereocenters. The lowest BCUT2D eigenvalue weighted by atomic mass is 9.92. The summed E-state index contributed by atoms with van der Waals surface area (Å²) in [6.45, 7) is 14.7. The smallest absolute Gasteiger partial charge is 0.0740 e. The van der Waals surface area contributed by atoms with Gasteiger partial charge in [-0.15, -0.1) is 0 Å². The Balaban J connectivity index is 4.05.